The number of esters is 1. The van der Waals surface area contributed by atoms with Crippen LogP contribution in [-0.4, -0.2) is 39.2 Å². The summed E-state index contributed by atoms with van der Waals surface area (Å²) in [6.45, 7) is 0.0524. The Hall–Kier alpha value is -3.54. The molecule has 6 heteroatoms. The van der Waals surface area contributed by atoms with Gasteiger partial charge in [-0.3, -0.25) is 4.79 Å². The SMILES string of the molecule is COc1ccccc1CCNC(=O)COC(=O)c1cc2ccccc2cc1OC. The van der Waals surface area contributed by atoms with E-state index in [1.807, 2.05) is 48.5 Å². The Morgan fingerprint density at radius 2 is 1.52 bits per heavy atom. The van der Waals surface area contributed by atoms with E-state index in [1.165, 1.54) is 7.11 Å². The Labute approximate surface area is 169 Å². The lowest BCUT2D eigenvalue weighted by Gasteiger charge is -2.11. The third-order valence-electron chi connectivity index (χ3n) is 4.53. The molecule has 3 aromatic rings. The highest BCUT2D eigenvalue weighted by atomic mass is 16.5. The Balaban J connectivity index is 1.55. The average Bonchev–Trinajstić information content (AvgIpc) is 2.76. The monoisotopic (exact) mass is 393 g/mol. The van der Waals surface area contributed by atoms with Crippen LogP contribution in [0.25, 0.3) is 10.8 Å². The molecular weight excluding hydrogens is 370 g/mol. The first-order chi connectivity index (χ1) is 14.1. The summed E-state index contributed by atoms with van der Waals surface area (Å²) in [5.74, 6) is 0.211. The van der Waals surface area contributed by atoms with Crippen molar-refractivity contribution in [3.05, 3.63) is 71.8 Å². The van der Waals surface area contributed by atoms with Gasteiger partial charge in [-0.2, -0.15) is 0 Å². The first-order valence-corrected chi connectivity index (χ1v) is 9.25. The molecule has 150 valence electrons. The number of ether oxygens (including phenoxy) is 3. The zero-order chi connectivity index (χ0) is 20.6. The number of para-hydroxylation sites is 1. The lowest BCUT2D eigenvalue weighted by molar-refractivity contribution is -0.124. The molecule has 1 amide bonds. The number of carbonyl (C=O) groups is 2. The molecule has 0 aromatic heterocycles. The fraction of sp³-hybridized carbons (Fsp3) is 0.217. The van der Waals surface area contributed by atoms with E-state index in [-0.39, 0.29) is 18.1 Å². The van der Waals surface area contributed by atoms with Crippen LogP contribution in [0.1, 0.15) is 15.9 Å². The predicted octanol–water partition coefficient (Wildman–Crippen LogP) is 3.37. The minimum absolute atomic E-state index is 0.285. The maximum atomic E-state index is 12.5. The number of hydrogen-bond acceptors (Lipinski definition) is 5. The molecule has 3 aromatic carbocycles. The summed E-state index contributed by atoms with van der Waals surface area (Å²) in [5.41, 5.74) is 1.28. The maximum absolute atomic E-state index is 12.5. The van der Waals surface area contributed by atoms with Crippen LogP contribution in [0, 0.1) is 0 Å². The van der Waals surface area contributed by atoms with Gasteiger partial charge < -0.3 is 19.5 Å². The molecule has 6 nitrogen and oxygen atoms in total. The van der Waals surface area contributed by atoms with Crippen molar-refractivity contribution in [1.82, 2.24) is 5.32 Å². The molecule has 0 spiro atoms. The number of benzene rings is 3. The Morgan fingerprint density at radius 1 is 0.862 bits per heavy atom. The minimum Gasteiger partial charge on any atom is -0.496 e. The van der Waals surface area contributed by atoms with E-state index in [4.69, 9.17) is 14.2 Å². The minimum atomic E-state index is -0.604. The standard InChI is InChI=1S/C23H23NO5/c1-27-20-10-6-5-7-16(20)11-12-24-22(25)15-29-23(26)19-13-17-8-3-4-9-18(17)14-21(19)28-2/h3-10,13-14H,11-12,15H2,1-2H3,(H,24,25). The van der Waals surface area contributed by atoms with E-state index in [1.54, 1.807) is 19.2 Å². The number of carbonyl (C=O) groups excluding carboxylic acids is 2. The molecule has 29 heavy (non-hydrogen) atoms. The van der Waals surface area contributed by atoms with Gasteiger partial charge in [-0.05, 0) is 41.0 Å². The Kier molecular flexibility index (Phi) is 6.68. The third kappa shape index (κ3) is 5.04. The summed E-state index contributed by atoms with van der Waals surface area (Å²) in [6.07, 6.45) is 0.613. The van der Waals surface area contributed by atoms with E-state index in [9.17, 15) is 9.59 Å². The molecule has 0 saturated heterocycles. The second-order valence-electron chi connectivity index (χ2n) is 6.39. The lowest BCUT2D eigenvalue weighted by atomic mass is 10.1. The number of fused-ring (bicyclic) bond motifs is 1. The molecule has 1 N–H and O–H groups in total. The van der Waals surface area contributed by atoms with Crippen LogP contribution in [-0.2, 0) is 16.0 Å². The number of amides is 1. The van der Waals surface area contributed by atoms with Gasteiger partial charge in [0.25, 0.3) is 5.91 Å². The molecule has 3 rings (SSSR count). The molecule has 0 atom stereocenters. The van der Waals surface area contributed by atoms with Gasteiger partial charge in [-0.1, -0.05) is 42.5 Å². The second kappa shape index (κ2) is 9.59. The molecule has 0 saturated carbocycles. The van der Waals surface area contributed by atoms with E-state index >= 15 is 0 Å². The summed E-state index contributed by atoms with van der Waals surface area (Å²) in [7, 11) is 3.10. The fourth-order valence-electron chi connectivity index (χ4n) is 3.05. The smallest absolute Gasteiger partial charge is 0.342 e. The first-order valence-electron chi connectivity index (χ1n) is 9.25. The Bertz CT molecular complexity index is 1020. The topological polar surface area (TPSA) is 73.9 Å². The quantitative estimate of drug-likeness (QED) is 0.594. The zero-order valence-electron chi connectivity index (χ0n) is 16.4. The van der Waals surface area contributed by atoms with E-state index in [0.29, 0.717) is 18.7 Å². The van der Waals surface area contributed by atoms with E-state index in [2.05, 4.69) is 5.32 Å². The van der Waals surface area contributed by atoms with Crippen LogP contribution in [0.5, 0.6) is 11.5 Å². The highest BCUT2D eigenvalue weighted by Crippen LogP contribution is 2.26. The molecule has 0 aliphatic carbocycles. The molecule has 0 aliphatic heterocycles. The van der Waals surface area contributed by atoms with Crippen LogP contribution in [0.15, 0.2) is 60.7 Å². The number of methoxy groups -OCH3 is 2. The van der Waals surface area contributed by atoms with Crippen molar-refractivity contribution in [2.75, 3.05) is 27.4 Å². The summed E-state index contributed by atoms with van der Waals surface area (Å²) >= 11 is 0. The van der Waals surface area contributed by atoms with Gasteiger partial charge in [0, 0.05) is 6.54 Å². The molecule has 0 radical (unpaired) electrons. The number of hydrogen-bond donors (Lipinski definition) is 1. The summed E-state index contributed by atoms with van der Waals surface area (Å²) < 4.78 is 15.8. The van der Waals surface area contributed by atoms with Gasteiger partial charge in [-0.15, -0.1) is 0 Å². The van der Waals surface area contributed by atoms with E-state index < -0.39 is 5.97 Å². The predicted molar refractivity (Wildman–Crippen MR) is 110 cm³/mol. The second-order valence-corrected chi connectivity index (χ2v) is 6.39. The largest absolute Gasteiger partial charge is 0.496 e. The van der Waals surface area contributed by atoms with Gasteiger partial charge in [0.15, 0.2) is 6.61 Å². The lowest BCUT2D eigenvalue weighted by Crippen LogP contribution is -2.30. The molecule has 0 unspecified atom stereocenters. The van der Waals surface area contributed by atoms with Crippen LogP contribution in [0.4, 0.5) is 0 Å². The third-order valence-corrected chi connectivity index (χ3v) is 4.53. The normalized spacial score (nSPS) is 10.4. The van der Waals surface area contributed by atoms with Crippen LogP contribution in [0.2, 0.25) is 0 Å². The van der Waals surface area contributed by atoms with Crippen LogP contribution in [0.3, 0.4) is 0 Å². The van der Waals surface area contributed by atoms with Crippen molar-refractivity contribution < 1.29 is 23.8 Å². The van der Waals surface area contributed by atoms with Crippen molar-refractivity contribution in [3.63, 3.8) is 0 Å². The van der Waals surface area contributed by atoms with Crippen molar-refractivity contribution in [2.24, 2.45) is 0 Å². The van der Waals surface area contributed by atoms with Gasteiger partial charge in [-0.25, -0.2) is 4.79 Å². The van der Waals surface area contributed by atoms with Crippen molar-refractivity contribution >= 4 is 22.6 Å². The van der Waals surface area contributed by atoms with Gasteiger partial charge >= 0.3 is 5.97 Å². The van der Waals surface area contributed by atoms with Gasteiger partial charge in [0.2, 0.25) is 0 Å². The number of rotatable bonds is 8. The Morgan fingerprint density at radius 3 is 2.24 bits per heavy atom. The van der Waals surface area contributed by atoms with Crippen molar-refractivity contribution in [3.8, 4) is 11.5 Å². The van der Waals surface area contributed by atoms with Gasteiger partial charge in [0.05, 0.1) is 14.2 Å². The maximum Gasteiger partial charge on any atom is 0.342 e. The number of nitrogens with one attached hydrogen (secondary N) is 1. The van der Waals surface area contributed by atoms with E-state index in [0.717, 1.165) is 22.1 Å². The highest BCUT2D eigenvalue weighted by Gasteiger charge is 2.16. The average molecular weight is 393 g/mol. The fourth-order valence-corrected chi connectivity index (χ4v) is 3.05. The molecule has 0 fully saturated rings. The first kappa shape index (κ1) is 20.2. The van der Waals surface area contributed by atoms with Gasteiger partial charge in [0.1, 0.15) is 17.1 Å². The van der Waals surface area contributed by atoms with Crippen molar-refractivity contribution in [1.29, 1.82) is 0 Å². The molecular formula is C23H23NO5. The zero-order valence-corrected chi connectivity index (χ0v) is 16.4. The van der Waals surface area contributed by atoms with Crippen LogP contribution < -0.4 is 14.8 Å². The van der Waals surface area contributed by atoms with Crippen molar-refractivity contribution in [2.45, 2.75) is 6.42 Å². The highest BCUT2D eigenvalue weighted by molar-refractivity contribution is 5.99. The summed E-state index contributed by atoms with van der Waals surface area (Å²) in [5, 5.41) is 4.59. The molecule has 0 bridgehead atoms. The molecule has 0 heterocycles. The summed E-state index contributed by atoms with van der Waals surface area (Å²) in [4.78, 5) is 24.5. The molecule has 0 aliphatic rings. The van der Waals surface area contributed by atoms with Crippen LogP contribution >= 0.6 is 0 Å². The summed E-state index contributed by atoms with van der Waals surface area (Å²) in [6, 6.07) is 18.7.